The minimum Gasteiger partial charge on any atom is -0.465 e. The lowest BCUT2D eigenvalue weighted by Gasteiger charge is -2.00. The first kappa shape index (κ1) is 25.2. The van der Waals surface area contributed by atoms with Gasteiger partial charge in [-0.1, -0.05) is 73.1 Å². The molecule has 2 aliphatic heterocycles. The molecule has 0 unspecified atom stereocenters. The number of ether oxygens (including phenoxy) is 2. The molecule has 162 valence electrons. The standard InChI is InChI=1S/C17H16O4S9/c1-5-23-14-15(24-6-2)30-17(29-14)16-27-9(12(22)28-16)13-25-7(10(18)20-3)8(26-13)11(19)21-4/h5-6H2,1-4H3. The largest absolute Gasteiger partial charge is 0.465 e. The molecule has 0 atom stereocenters. The monoisotopic (exact) mass is 572 g/mol. The number of rotatable bonds is 6. The van der Waals surface area contributed by atoms with Crippen molar-refractivity contribution in [3.05, 3.63) is 30.5 Å². The van der Waals surface area contributed by atoms with Crippen molar-refractivity contribution in [1.82, 2.24) is 0 Å². The zero-order chi connectivity index (χ0) is 21.8. The van der Waals surface area contributed by atoms with E-state index >= 15 is 0 Å². The summed E-state index contributed by atoms with van der Waals surface area (Å²) < 4.78 is 17.3. The lowest BCUT2D eigenvalue weighted by molar-refractivity contribution is -0.138. The molecule has 0 bridgehead atoms. The van der Waals surface area contributed by atoms with Crippen LogP contribution in [0.2, 0.25) is 0 Å². The number of hydrogen-bond donors (Lipinski definition) is 0. The van der Waals surface area contributed by atoms with Gasteiger partial charge in [0.15, 0.2) is 0 Å². The highest BCUT2D eigenvalue weighted by Gasteiger charge is 2.33. The summed E-state index contributed by atoms with van der Waals surface area (Å²) >= 11 is 18.7. The summed E-state index contributed by atoms with van der Waals surface area (Å²) in [6, 6.07) is 0. The fraction of sp³-hybridized carbons (Fsp3) is 0.353. The Labute approximate surface area is 213 Å². The molecular formula is C17H16O4S9. The molecule has 1 aromatic heterocycles. The van der Waals surface area contributed by atoms with E-state index in [0.29, 0.717) is 0 Å². The third kappa shape index (κ3) is 5.53. The van der Waals surface area contributed by atoms with Crippen molar-refractivity contribution in [1.29, 1.82) is 0 Å². The second-order valence-corrected chi connectivity index (χ2v) is 15.8. The molecular weight excluding hydrogens is 557 g/mol. The van der Waals surface area contributed by atoms with Gasteiger partial charge >= 0.3 is 11.9 Å². The molecule has 3 rings (SSSR count). The van der Waals surface area contributed by atoms with Crippen molar-refractivity contribution >= 4 is 126 Å². The van der Waals surface area contributed by atoms with Gasteiger partial charge in [0.25, 0.3) is 0 Å². The quantitative estimate of drug-likeness (QED) is 0.306. The van der Waals surface area contributed by atoms with Gasteiger partial charge in [-0.25, -0.2) is 9.59 Å². The number of thioether (sulfide) groups is 6. The maximum absolute atomic E-state index is 12.1. The van der Waals surface area contributed by atoms with Crippen LogP contribution in [0.25, 0.3) is 8.47 Å². The highest BCUT2D eigenvalue weighted by Crippen LogP contribution is 2.58. The Balaban J connectivity index is 2.01. The van der Waals surface area contributed by atoms with Crippen molar-refractivity contribution in [2.75, 3.05) is 25.7 Å². The minimum absolute atomic E-state index is 0.251. The summed E-state index contributed by atoms with van der Waals surface area (Å²) in [4.78, 5) is 24.8. The Bertz CT molecular complexity index is 1060. The number of carbonyl (C=O) groups excluding carboxylic acids is 2. The molecule has 1 aromatic rings. The molecule has 4 nitrogen and oxygen atoms in total. The minimum atomic E-state index is -0.544. The molecule has 0 saturated heterocycles. The van der Waals surface area contributed by atoms with Gasteiger partial charge in [0.05, 0.1) is 35.7 Å². The number of methoxy groups -OCH3 is 2. The summed E-state index contributed by atoms with van der Waals surface area (Å²) in [5.41, 5.74) is 0. The molecule has 2 aliphatic rings. The van der Waals surface area contributed by atoms with E-state index in [1.165, 1.54) is 50.5 Å². The molecule has 0 radical (unpaired) electrons. The van der Waals surface area contributed by atoms with Crippen LogP contribution in [-0.4, -0.2) is 37.7 Å². The predicted octanol–water partition coefficient (Wildman–Crippen LogP) is 5.82. The molecule has 0 fully saturated rings. The third-order valence-electron chi connectivity index (χ3n) is 3.34. The molecule has 13 heteroatoms. The van der Waals surface area contributed by atoms with Crippen LogP contribution in [0.3, 0.4) is 0 Å². The highest BCUT2D eigenvalue weighted by molar-refractivity contribution is 8.46. The van der Waals surface area contributed by atoms with Gasteiger partial charge in [-0.3, -0.25) is 0 Å². The Kier molecular flexibility index (Phi) is 9.72. The summed E-state index contributed by atoms with van der Waals surface area (Å²) in [5, 5.41) is 0. The molecule has 0 saturated carbocycles. The Morgan fingerprint density at radius 1 is 0.833 bits per heavy atom. The van der Waals surface area contributed by atoms with Gasteiger partial charge in [-0.05, 0) is 11.5 Å². The maximum atomic E-state index is 12.1. The molecule has 3 heterocycles. The topological polar surface area (TPSA) is 52.6 Å². The van der Waals surface area contributed by atoms with E-state index in [0.717, 1.165) is 27.9 Å². The lowest BCUT2D eigenvalue weighted by atomic mass is 10.5. The fourth-order valence-electron chi connectivity index (χ4n) is 2.13. The third-order valence-corrected chi connectivity index (χ3v) is 15.0. The zero-order valence-corrected chi connectivity index (χ0v) is 23.6. The normalized spacial score (nSPS) is 16.7. The molecule has 0 spiro atoms. The van der Waals surface area contributed by atoms with Crippen molar-refractivity contribution < 1.29 is 19.1 Å². The van der Waals surface area contributed by atoms with Crippen molar-refractivity contribution in [2.24, 2.45) is 0 Å². The first-order chi connectivity index (χ1) is 14.4. The Morgan fingerprint density at radius 2 is 1.33 bits per heavy atom. The van der Waals surface area contributed by atoms with E-state index in [-0.39, 0.29) is 9.81 Å². The number of esters is 2. The van der Waals surface area contributed by atoms with E-state index in [1.807, 2.05) is 47.0 Å². The molecule has 0 aliphatic carbocycles. The van der Waals surface area contributed by atoms with Crippen LogP contribution in [0.4, 0.5) is 0 Å². The van der Waals surface area contributed by atoms with E-state index in [1.54, 1.807) is 22.7 Å². The van der Waals surface area contributed by atoms with E-state index in [2.05, 4.69) is 13.8 Å². The average molecular weight is 573 g/mol. The zero-order valence-electron chi connectivity index (χ0n) is 16.2. The second-order valence-electron chi connectivity index (χ2n) is 5.17. The van der Waals surface area contributed by atoms with Crippen LogP contribution in [-0.2, 0) is 19.1 Å². The molecule has 0 amide bonds. The predicted molar refractivity (Wildman–Crippen MR) is 144 cm³/mol. The summed E-state index contributed by atoms with van der Waals surface area (Å²) in [5.74, 6) is 0.993. The molecule has 0 aromatic carbocycles. The smallest absolute Gasteiger partial charge is 0.346 e. The average Bonchev–Trinajstić information content (AvgIpc) is 3.44. The summed E-state index contributed by atoms with van der Waals surface area (Å²) in [7, 11) is 2.60. The Hall–Kier alpha value is 0.530. The summed E-state index contributed by atoms with van der Waals surface area (Å²) in [6.45, 7) is 4.33. The number of carbonyl (C=O) groups is 2. The molecule has 30 heavy (non-hydrogen) atoms. The highest BCUT2D eigenvalue weighted by atomic mass is 32.3. The van der Waals surface area contributed by atoms with Crippen LogP contribution in [0.15, 0.2) is 18.3 Å². The maximum Gasteiger partial charge on any atom is 0.346 e. The second kappa shape index (κ2) is 11.6. The fourth-order valence-corrected chi connectivity index (χ4v) is 14.0. The van der Waals surface area contributed by atoms with Gasteiger partial charge < -0.3 is 9.47 Å². The van der Waals surface area contributed by atoms with E-state index < -0.39 is 11.9 Å². The van der Waals surface area contributed by atoms with Crippen LogP contribution >= 0.6 is 105 Å². The molecule has 0 N–H and O–H groups in total. The van der Waals surface area contributed by atoms with E-state index in [4.69, 9.17) is 21.7 Å². The van der Waals surface area contributed by atoms with Crippen molar-refractivity contribution in [2.45, 2.75) is 13.8 Å². The van der Waals surface area contributed by atoms with Gasteiger partial charge in [0.2, 0.25) is 0 Å². The van der Waals surface area contributed by atoms with Gasteiger partial charge in [0, 0.05) is 0 Å². The van der Waals surface area contributed by atoms with Crippen LogP contribution in [0, 0.1) is 3.82 Å². The Morgan fingerprint density at radius 3 is 1.77 bits per heavy atom. The number of hydrogen-bond acceptors (Lipinski definition) is 13. The summed E-state index contributed by atoms with van der Waals surface area (Å²) in [6.07, 6.45) is 0. The van der Waals surface area contributed by atoms with Crippen LogP contribution < -0.4 is 8.38 Å². The lowest BCUT2D eigenvalue weighted by Crippen LogP contribution is -2.08. The van der Waals surface area contributed by atoms with Crippen molar-refractivity contribution in [3.8, 4) is 0 Å². The SMILES string of the molecule is CCSC1=C(SCC)SC(=c2sc(=S)c(=C3SC(C(=O)OC)=C(C(=O)OC)S3)s2)S1. The first-order valence-corrected chi connectivity index (χ1v) is 15.7. The van der Waals surface area contributed by atoms with Crippen LogP contribution in [0.1, 0.15) is 13.8 Å². The van der Waals surface area contributed by atoms with Crippen molar-refractivity contribution in [3.63, 3.8) is 0 Å². The van der Waals surface area contributed by atoms with E-state index in [9.17, 15) is 9.59 Å². The van der Waals surface area contributed by atoms with Crippen LogP contribution in [0.5, 0.6) is 0 Å². The van der Waals surface area contributed by atoms with Gasteiger partial charge in [-0.2, -0.15) is 0 Å². The van der Waals surface area contributed by atoms with Gasteiger partial charge in [0.1, 0.15) is 17.5 Å². The van der Waals surface area contributed by atoms with Gasteiger partial charge in [-0.15, -0.1) is 46.2 Å². The first-order valence-electron chi connectivity index (χ1n) is 8.44.